The molecule has 0 radical (unpaired) electrons. The lowest BCUT2D eigenvalue weighted by Gasteiger charge is -2.18. The van der Waals surface area contributed by atoms with Crippen LogP contribution in [0.5, 0.6) is 11.5 Å². The van der Waals surface area contributed by atoms with Gasteiger partial charge in [0.05, 0.1) is 0 Å². The average Bonchev–Trinajstić information content (AvgIpc) is 2.75. The molecule has 2 atom stereocenters. The maximum Gasteiger partial charge on any atom is 0.127 e. The molecule has 152 valence electrons. The third-order valence-electron chi connectivity index (χ3n) is 4.93. The van der Waals surface area contributed by atoms with Gasteiger partial charge in [0.2, 0.25) is 0 Å². The molecule has 0 bridgehead atoms. The highest BCUT2D eigenvalue weighted by atomic mass is 31.0. The summed E-state index contributed by atoms with van der Waals surface area (Å²) in [6.07, 6.45) is 0. The van der Waals surface area contributed by atoms with Crippen LogP contribution in [0.15, 0.2) is 103 Å². The van der Waals surface area contributed by atoms with Crippen LogP contribution in [0.25, 0.3) is 0 Å². The van der Waals surface area contributed by atoms with Gasteiger partial charge in [-0.3, -0.25) is 0 Å². The summed E-state index contributed by atoms with van der Waals surface area (Å²) in [7, 11) is 2.97. The van der Waals surface area contributed by atoms with Crippen LogP contribution in [0.1, 0.15) is 33.5 Å². The normalized spacial score (nSPS) is 11.2. The summed E-state index contributed by atoms with van der Waals surface area (Å²) in [6, 6.07) is 34.7. The van der Waals surface area contributed by atoms with Crippen LogP contribution in [-0.4, -0.2) is 0 Å². The van der Waals surface area contributed by atoms with E-state index in [1.54, 1.807) is 0 Å². The van der Waals surface area contributed by atoms with Crippen molar-refractivity contribution in [3.8, 4) is 11.5 Å². The van der Waals surface area contributed by atoms with Crippen molar-refractivity contribution >= 4 is 9.24 Å². The van der Waals surface area contributed by atoms with Gasteiger partial charge in [-0.15, -0.1) is 9.24 Å². The van der Waals surface area contributed by atoms with Gasteiger partial charge in [0.25, 0.3) is 0 Å². The van der Waals surface area contributed by atoms with Gasteiger partial charge in [-0.25, -0.2) is 0 Å². The minimum atomic E-state index is 0.386. The summed E-state index contributed by atoms with van der Waals surface area (Å²) < 4.78 is 5.58. The number of aryl methyl sites for hydroxylation is 3. The minimum absolute atomic E-state index is 0.386. The van der Waals surface area contributed by atoms with Crippen LogP contribution < -0.4 is 4.74 Å². The van der Waals surface area contributed by atoms with Gasteiger partial charge < -0.3 is 4.74 Å². The Morgan fingerprint density at radius 3 is 1.43 bits per heavy atom. The molecule has 0 saturated carbocycles. The molecule has 4 aromatic rings. The van der Waals surface area contributed by atoms with Gasteiger partial charge in [0.1, 0.15) is 11.5 Å². The Hall–Kier alpha value is -2.89. The fraction of sp³-hybridized carbons (Fsp3) is 0.143. The predicted octanol–water partition coefficient (Wildman–Crippen LogP) is 8.06. The number of hydrogen-bond donors (Lipinski definition) is 0. The molecular formula is C28H29OP. The first-order valence-corrected chi connectivity index (χ1v) is 10.9. The van der Waals surface area contributed by atoms with Crippen molar-refractivity contribution in [2.45, 2.75) is 26.4 Å². The molecule has 0 N–H and O–H groups in total. The SMILES string of the molecule is Cc1cc(C)c(C(P)c2ccccc2)c(C)c1.c1ccc(Oc2ccccc2)cc1. The molecule has 1 nitrogen and oxygen atoms in total. The molecule has 2 heteroatoms. The molecule has 0 spiro atoms. The van der Waals surface area contributed by atoms with Crippen molar-refractivity contribution in [3.63, 3.8) is 0 Å². The first-order valence-electron chi connectivity index (χ1n) is 10.2. The zero-order chi connectivity index (χ0) is 21.3. The zero-order valence-corrected chi connectivity index (χ0v) is 19.0. The number of rotatable bonds is 4. The summed E-state index contributed by atoms with van der Waals surface area (Å²) in [5.74, 6) is 1.74. The van der Waals surface area contributed by atoms with Crippen LogP contribution >= 0.6 is 9.24 Å². The Kier molecular flexibility index (Phi) is 7.82. The number of para-hydroxylation sites is 2. The number of hydrogen-bond acceptors (Lipinski definition) is 1. The molecule has 0 aliphatic rings. The monoisotopic (exact) mass is 412 g/mol. The summed E-state index contributed by atoms with van der Waals surface area (Å²) in [5.41, 5.74) is 7.28. The molecule has 2 unspecified atom stereocenters. The van der Waals surface area contributed by atoms with E-state index in [2.05, 4.69) is 72.5 Å². The summed E-state index contributed by atoms with van der Waals surface area (Å²) in [4.78, 5) is 0. The van der Waals surface area contributed by atoms with Gasteiger partial charge in [-0.2, -0.15) is 0 Å². The Balaban J connectivity index is 0.000000177. The minimum Gasteiger partial charge on any atom is -0.457 e. The highest BCUT2D eigenvalue weighted by Crippen LogP contribution is 2.35. The van der Waals surface area contributed by atoms with Crippen molar-refractivity contribution in [1.82, 2.24) is 0 Å². The lowest BCUT2D eigenvalue weighted by molar-refractivity contribution is 0.482. The molecule has 0 amide bonds. The van der Waals surface area contributed by atoms with Crippen LogP contribution in [-0.2, 0) is 0 Å². The molecular weight excluding hydrogens is 383 g/mol. The van der Waals surface area contributed by atoms with Crippen molar-refractivity contribution in [2.24, 2.45) is 0 Å². The van der Waals surface area contributed by atoms with Gasteiger partial charge in [0, 0.05) is 5.66 Å². The number of ether oxygens (including phenoxy) is 1. The Morgan fingerprint density at radius 1 is 0.600 bits per heavy atom. The fourth-order valence-corrected chi connectivity index (χ4v) is 4.37. The van der Waals surface area contributed by atoms with Crippen molar-refractivity contribution in [3.05, 3.63) is 131 Å². The first kappa shape index (κ1) is 21.8. The van der Waals surface area contributed by atoms with E-state index in [-0.39, 0.29) is 0 Å². The highest BCUT2D eigenvalue weighted by Gasteiger charge is 2.13. The second kappa shape index (κ2) is 10.8. The maximum atomic E-state index is 5.58. The van der Waals surface area contributed by atoms with E-state index in [0.717, 1.165) is 11.5 Å². The zero-order valence-electron chi connectivity index (χ0n) is 17.9. The second-order valence-corrected chi connectivity index (χ2v) is 8.10. The molecule has 0 aromatic heterocycles. The Labute approximate surface area is 183 Å². The maximum absolute atomic E-state index is 5.58. The van der Waals surface area contributed by atoms with Crippen LogP contribution in [0.4, 0.5) is 0 Å². The molecule has 0 heterocycles. The molecule has 0 fully saturated rings. The van der Waals surface area contributed by atoms with E-state index in [1.165, 1.54) is 27.8 Å². The lowest BCUT2D eigenvalue weighted by atomic mass is 9.94. The first-order chi connectivity index (χ1) is 14.5. The molecule has 0 aliphatic carbocycles. The van der Waals surface area contributed by atoms with Crippen molar-refractivity contribution in [1.29, 1.82) is 0 Å². The standard InChI is InChI=1S/C16H19P.C12H10O/c1-11-9-12(2)15(13(3)10-11)16(17)14-7-5-4-6-8-14;1-3-7-11(8-4-1)13-12-9-5-2-6-10-12/h4-10,16H,17H2,1-3H3;1-10H. The topological polar surface area (TPSA) is 9.23 Å². The largest absolute Gasteiger partial charge is 0.457 e. The van der Waals surface area contributed by atoms with Crippen LogP contribution in [0.3, 0.4) is 0 Å². The van der Waals surface area contributed by atoms with Gasteiger partial charge >= 0.3 is 0 Å². The fourth-order valence-electron chi connectivity index (χ4n) is 3.62. The second-order valence-electron chi connectivity index (χ2n) is 7.43. The van der Waals surface area contributed by atoms with E-state index in [0.29, 0.717) is 5.66 Å². The van der Waals surface area contributed by atoms with Crippen LogP contribution in [0, 0.1) is 20.8 Å². The summed E-state index contributed by atoms with van der Waals surface area (Å²) in [6.45, 7) is 6.56. The predicted molar refractivity (Wildman–Crippen MR) is 132 cm³/mol. The average molecular weight is 413 g/mol. The van der Waals surface area contributed by atoms with Crippen molar-refractivity contribution in [2.75, 3.05) is 0 Å². The van der Waals surface area contributed by atoms with Crippen LogP contribution in [0.2, 0.25) is 0 Å². The molecule has 0 aliphatic heterocycles. The molecule has 4 aromatic carbocycles. The highest BCUT2D eigenvalue weighted by molar-refractivity contribution is 7.17. The van der Waals surface area contributed by atoms with E-state index in [4.69, 9.17) is 4.74 Å². The van der Waals surface area contributed by atoms with E-state index in [9.17, 15) is 0 Å². The van der Waals surface area contributed by atoms with E-state index < -0.39 is 0 Å². The Morgan fingerprint density at radius 2 is 1.00 bits per heavy atom. The quantitative estimate of drug-likeness (QED) is 0.308. The summed E-state index contributed by atoms with van der Waals surface area (Å²) >= 11 is 0. The lowest BCUT2D eigenvalue weighted by Crippen LogP contribution is -1.99. The smallest absolute Gasteiger partial charge is 0.127 e. The third-order valence-corrected chi connectivity index (χ3v) is 5.65. The third kappa shape index (κ3) is 6.05. The molecule has 30 heavy (non-hydrogen) atoms. The van der Waals surface area contributed by atoms with Gasteiger partial charge in [-0.05, 0) is 67.3 Å². The number of benzene rings is 4. The van der Waals surface area contributed by atoms with Crippen molar-refractivity contribution < 1.29 is 4.74 Å². The van der Waals surface area contributed by atoms with Gasteiger partial charge in [-0.1, -0.05) is 84.4 Å². The molecule has 0 saturated heterocycles. The molecule has 4 rings (SSSR count). The van der Waals surface area contributed by atoms with E-state index >= 15 is 0 Å². The summed E-state index contributed by atoms with van der Waals surface area (Å²) in [5, 5.41) is 0. The Bertz CT molecular complexity index is 983. The van der Waals surface area contributed by atoms with E-state index in [1.807, 2.05) is 60.7 Å². The van der Waals surface area contributed by atoms with Gasteiger partial charge in [0.15, 0.2) is 0 Å².